The van der Waals surface area contributed by atoms with Crippen molar-refractivity contribution in [3.63, 3.8) is 0 Å². The highest BCUT2D eigenvalue weighted by atomic mass is 19.4. The summed E-state index contributed by atoms with van der Waals surface area (Å²) in [4.78, 5) is 0. The van der Waals surface area contributed by atoms with Gasteiger partial charge in [0, 0.05) is 11.0 Å². The van der Waals surface area contributed by atoms with Gasteiger partial charge in [0.15, 0.2) is 0 Å². The van der Waals surface area contributed by atoms with Crippen molar-refractivity contribution in [1.82, 2.24) is 0 Å². The third-order valence-corrected chi connectivity index (χ3v) is 1.82. The Morgan fingerprint density at radius 2 is 1.79 bits per heavy atom. The van der Waals surface area contributed by atoms with Crippen LogP contribution in [0.2, 0.25) is 0 Å². The highest BCUT2D eigenvalue weighted by Crippen LogP contribution is 2.19. The van der Waals surface area contributed by atoms with Crippen molar-refractivity contribution in [2.75, 3.05) is 0 Å². The fourth-order valence-corrected chi connectivity index (χ4v) is 1.20. The van der Waals surface area contributed by atoms with Crippen LogP contribution in [-0.2, 0) is 0 Å². The molecule has 2 aromatic rings. The highest BCUT2D eigenvalue weighted by molar-refractivity contribution is 6.72. The van der Waals surface area contributed by atoms with E-state index in [1.807, 2.05) is 0 Å². The normalized spacial score (nSPS) is 12.3. The van der Waals surface area contributed by atoms with Crippen molar-refractivity contribution in [2.24, 2.45) is 0 Å². The van der Waals surface area contributed by atoms with Crippen molar-refractivity contribution in [3.8, 4) is 0 Å². The standard InChI is InChI=1S/C8H4BF4O/c10-6-1-2-7-5(3-6)4-8(14-7)9(11,12)13/h1-4H/q-1. The Hall–Kier alpha value is -1.46. The molecule has 14 heavy (non-hydrogen) atoms. The minimum absolute atomic E-state index is 0.0422. The summed E-state index contributed by atoms with van der Waals surface area (Å²) in [5.74, 6) is -0.584. The van der Waals surface area contributed by atoms with Crippen molar-refractivity contribution in [3.05, 3.63) is 30.1 Å². The van der Waals surface area contributed by atoms with Crippen LogP contribution in [0.15, 0.2) is 28.7 Å². The van der Waals surface area contributed by atoms with Gasteiger partial charge in [0.25, 0.3) is 0 Å². The average Bonchev–Trinajstić information content (AvgIpc) is 2.45. The fourth-order valence-electron chi connectivity index (χ4n) is 1.20. The van der Waals surface area contributed by atoms with E-state index >= 15 is 0 Å². The van der Waals surface area contributed by atoms with E-state index in [-0.39, 0.29) is 11.0 Å². The summed E-state index contributed by atoms with van der Waals surface area (Å²) in [6, 6.07) is 4.04. The molecule has 0 spiro atoms. The molecule has 0 amide bonds. The number of hydrogen-bond donors (Lipinski definition) is 0. The molecule has 0 unspecified atom stereocenters. The fraction of sp³-hybridized carbons (Fsp3) is 0. The Morgan fingerprint density at radius 3 is 2.43 bits per heavy atom. The maximum absolute atomic E-state index is 12.6. The van der Waals surface area contributed by atoms with E-state index in [1.54, 1.807) is 0 Å². The van der Waals surface area contributed by atoms with Crippen LogP contribution in [0.3, 0.4) is 0 Å². The summed E-state index contributed by atoms with van der Waals surface area (Å²) < 4.78 is 53.8. The van der Waals surface area contributed by atoms with Gasteiger partial charge in [-0.25, -0.2) is 4.39 Å². The molecule has 74 valence electrons. The summed E-state index contributed by atoms with van der Waals surface area (Å²) >= 11 is 0. The van der Waals surface area contributed by atoms with Crippen molar-refractivity contribution < 1.29 is 21.8 Å². The quantitative estimate of drug-likeness (QED) is 0.512. The molecule has 1 aromatic heterocycles. The van der Waals surface area contributed by atoms with Gasteiger partial charge in [0.1, 0.15) is 11.4 Å². The van der Waals surface area contributed by atoms with Crippen LogP contribution >= 0.6 is 0 Å². The largest absolute Gasteiger partial charge is 0.544 e. The number of hydrogen-bond acceptors (Lipinski definition) is 1. The third-order valence-electron chi connectivity index (χ3n) is 1.82. The van der Waals surface area contributed by atoms with Gasteiger partial charge in [-0.05, 0) is 24.3 Å². The smallest absolute Gasteiger partial charge is 0.493 e. The lowest BCUT2D eigenvalue weighted by Gasteiger charge is -2.08. The molecule has 1 nitrogen and oxygen atoms in total. The average molecular weight is 203 g/mol. The van der Waals surface area contributed by atoms with E-state index in [0.717, 1.165) is 18.2 Å². The van der Waals surface area contributed by atoms with E-state index in [9.17, 15) is 17.3 Å². The summed E-state index contributed by atoms with van der Waals surface area (Å²) in [5, 5.41) is 0.124. The lowest BCUT2D eigenvalue weighted by Crippen LogP contribution is -2.32. The van der Waals surface area contributed by atoms with Crippen LogP contribution in [-0.4, -0.2) is 6.98 Å². The van der Waals surface area contributed by atoms with Gasteiger partial charge >= 0.3 is 6.98 Å². The predicted octanol–water partition coefficient (Wildman–Crippen LogP) is 2.63. The molecule has 0 aliphatic carbocycles. The van der Waals surface area contributed by atoms with E-state index in [1.165, 1.54) is 6.07 Å². The minimum atomic E-state index is -5.16. The first-order valence-corrected chi connectivity index (χ1v) is 3.86. The van der Waals surface area contributed by atoms with Crippen LogP contribution in [0.5, 0.6) is 0 Å². The van der Waals surface area contributed by atoms with Crippen LogP contribution in [0, 0.1) is 5.82 Å². The Labute approximate surface area is 76.4 Å². The van der Waals surface area contributed by atoms with Gasteiger partial charge in [0.2, 0.25) is 0 Å². The first-order valence-electron chi connectivity index (χ1n) is 3.86. The van der Waals surface area contributed by atoms with Crippen molar-refractivity contribution >= 4 is 23.6 Å². The minimum Gasteiger partial charge on any atom is -0.493 e. The predicted molar refractivity (Wildman–Crippen MR) is 44.9 cm³/mol. The summed E-state index contributed by atoms with van der Waals surface area (Å²) in [7, 11) is 0. The van der Waals surface area contributed by atoms with Gasteiger partial charge < -0.3 is 17.4 Å². The van der Waals surface area contributed by atoms with Crippen LogP contribution < -0.4 is 5.66 Å². The van der Waals surface area contributed by atoms with Crippen LogP contribution in [0.25, 0.3) is 11.0 Å². The number of furan rings is 1. The SMILES string of the molecule is Fc1ccc2oc([B-](F)(F)F)cc2c1. The molecule has 0 atom stereocenters. The second-order valence-electron chi connectivity index (χ2n) is 2.91. The number of benzene rings is 1. The molecule has 0 aliphatic rings. The van der Waals surface area contributed by atoms with E-state index < -0.39 is 18.5 Å². The Balaban J connectivity index is 2.63. The van der Waals surface area contributed by atoms with Gasteiger partial charge in [0.05, 0.1) is 0 Å². The van der Waals surface area contributed by atoms with Gasteiger partial charge in [-0.15, -0.1) is 0 Å². The lowest BCUT2D eigenvalue weighted by atomic mass is 9.88. The number of fused-ring (bicyclic) bond motifs is 1. The molecule has 0 saturated carbocycles. The summed E-state index contributed by atoms with van der Waals surface area (Å²) in [6.45, 7) is -5.16. The van der Waals surface area contributed by atoms with E-state index in [0.29, 0.717) is 0 Å². The summed E-state index contributed by atoms with van der Waals surface area (Å²) in [5.41, 5.74) is -1.01. The zero-order valence-electron chi connectivity index (χ0n) is 6.81. The second kappa shape index (κ2) is 2.77. The van der Waals surface area contributed by atoms with E-state index in [4.69, 9.17) is 0 Å². The number of halogens is 4. The molecule has 0 saturated heterocycles. The van der Waals surface area contributed by atoms with Crippen molar-refractivity contribution in [2.45, 2.75) is 0 Å². The first-order chi connectivity index (χ1) is 6.47. The molecule has 0 radical (unpaired) electrons. The summed E-state index contributed by atoms with van der Waals surface area (Å²) in [6.07, 6.45) is 0. The van der Waals surface area contributed by atoms with Gasteiger partial charge in [-0.2, -0.15) is 0 Å². The molecule has 0 fully saturated rings. The lowest BCUT2D eigenvalue weighted by molar-refractivity contribution is 0.473. The molecule has 1 heterocycles. The second-order valence-corrected chi connectivity index (χ2v) is 2.91. The maximum atomic E-state index is 12.6. The van der Waals surface area contributed by atoms with Gasteiger partial charge in [-0.1, -0.05) is 0 Å². The van der Waals surface area contributed by atoms with Crippen molar-refractivity contribution in [1.29, 1.82) is 0 Å². The molecular formula is C8H4BF4O-. The highest BCUT2D eigenvalue weighted by Gasteiger charge is 2.30. The van der Waals surface area contributed by atoms with E-state index in [2.05, 4.69) is 4.42 Å². The molecule has 0 aliphatic heterocycles. The zero-order valence-corrected chi connectivity index (χ0v) is 6.81. The maximum Gasteiger partial charge on any atom is 0.544 e. The Bertz CT molecular complexity index is 474. The monoisotopic (exact) mass is 203 g/mol. The van der Waals surface area contributed by atoms with Crippen LogP contribution in [0.4, 0.5) is 17.3 Å². The first kappa shape index (κ1) is 9.11. The molecule has 2 rings (SSSR count). The molecule has 0 bridgehead atoms. The third kappa shape index (κ3) is 1.47. The molecule has 1 aromatic carbocycles. The number of rotatable bonds is 1. The van der Waals surface area contributed by atoms with Gasteiger partial charge in [-0.3, -0.25) is 0 Å². The molecule has 6 heteroatoms. The molecular weight excluding hydrogens is 199 g/mol. The Morgan fingerprint density at radius 1 is 1.07 bits per heavy atom. The topological polar surface area (TPSA) is 13.1 Å². The Kier molecular flexibility index (Phi) is 1.80. The van der Waals surface area contributed by atoms with Crippen LogP contribution in [0.1, 0.15) is 0 Å². The molecule has 0 N–H and O–H groups in total. The zero-order chi connectivity index (χ0) is 10.3.